The van der Waals surface area contributed by atoms with Gasteiger partial charge in [0.15, 0.2) is 11.9 Å². The van der Waals surface area contributed by atoms with Crippen LogP contribution in [0.4, 0.5) is 43.4 Å². The molecule has 0 aliphatic carbocycles. The molecule has 20 heteroatoms. The van der Waals surface area contributed by atoms with Crippen molar-refractivity contribution in [2.75, 3.05) is 42.1 Å². The first-order chi connectivity index (χ1) is 20.0. The second-order valence-corrected chi connectivity index (χ2v) is 8.83. The molecule has 2 aliphatic rings. The highest BCUT2D eigenvalue weighted by Gasteiger charge is 2.38. The van der Waals surface area contributed by atoms with Crippen molar-refractivity contribution in [1.29, 1.82) is 0 Å². The summed E-state index contributed by atoms with van der Waals surface area (Å²) in [7, 11) is 0. The van der Waals surface area contributed by atoms with E-state index in [9.17, 15) is 31.1 Å². The van der Waals surface area contributed by atoms with Crippen molar-refractivity contribution in [2.24, 2.45) is 9.98 Å². The number of carbonyl (C=O) groups is 3. The average molecular weight is 660 g/mol. The van der Waals surface area contributed by atoms with Gasteiger partial charge in [-0.25, -0.2) is 9.59 Å². The van der Waals surface area contributed by atoms with Gasteiger partial charge in [-0.1, -0.05) is 23.2 Å². The largest absolute Gasteiger partial charge is 0.490 e. The quantitative estimate of drug-likeness (QED) is 0.236. The van der Waals surface area contributed by atoms with Crippen LogP contribution in [-0.4, -0.2) is 78.5 Å². The van der Waals surface area contributed by atoms with E-state index < -0.39 is 24.3 Å². The van der Waals surface area contributed by atoms with Crippen molar-refractivity contribution >= 4 is 70.0 Å². The first-order valence-corrected chi connectivity index (χ1v) is 12.3. The molecule has 2 heterocycles. The Morgan fingerprint density at radius 1 is 0.744 bits per heavy atom. The molecule has 0 radical (unpaired) electrons. The Balaban J connectivity index is 0.000000384. The molecule has 43 heavy (non-hydrogen) atoms. The smallest absolute Gasteiger partial charge is 0.475 e. The van der Waals surface area contributed by atoms with Gasteiger partial charge < -0.3 is 36.8 Å². The Morgan fingerprint density at radius 3 is 1.51 bits per heavy atom. The molecule has 234 valence electrons. The number of nitrogens with zero attached hydrogens (tertiary/aromatic N) is 2. The zero-order valence-corrected chi connectivity index (χ0v) is 22.8. The highest BCUT2D eigenvalue weighted by Crippen LogP contribution is 2.27. The molecule has 0 bridgehead atoms. The Labute approximate surface area is 248 Å². The molecule has 7 N–H and O–H groups in total. The van der Waals surface area contributed by atoms with Crippen molar-refractivity contribution in [2.45, 2.75) is 12.4 Å². The minimum atomic E-state index is -5.08. The zero-order chi connectivity index (χ0) is 32.4. The van der Waals surface area contributed by atoms with Crippen LogP contribution in [0, 0.1) is 0 Å². The molecule has 0 saturated carbocycles. The second-order valence-electron chi connectivity index (χ2n) is 8.01. The number of hydrogen-bond acceptors (Lipinski definition) is 9. The van der Waals surface area contributed by atoms with Gasteiger partial charge in [0.05, 0.1) is 34.5 Å². The second kappa shape index (κ2) is 15.1. The molecule has 0 saturated heterocycles. The molecule has 2 aromatic carbocycles. The summed E-state index contributed by atoms with van der Waals surface area (Å²) in [6, 6.07) is 10.3. The fourth-order valence-electron chi connectivity index (χ4n) is 2.87. The predicted octanol–water partition coefficient (Wildman–Crippen LogP) is 4.25. The van der Waals surface area contributed by atoms with E-state index in [1.807, 2.05) is 0 Å². The van der Waals surface area contributed by atoms with Gasteiger partial charge in [0.25, 0.3) is 5.91 Å². The summed E-state index contributed by atoms with van der Waals surface area (Å²) in [5.74, 6) is -4.44. The van der Waals surface area contributed by atoms with Gasteiger partial charge >= 0.3 is 24.3 Å². The van der Waals surface area contributed by atoms with Gasteiger partial charge in [0.2, 0.25) is 0 Å². The van der Waals surface area contributed by atoms with Crippen LogP contribution < -0.4 is 26.6 Å². The molecule has 12 nitrogen and oxygen atoms in total. The molecule has 0 fully saturated rings. The lowest BCUT2D eigenvalue weighted by atomic mass is 10.2. The average Bonchev–Trinajstić information content (AvgIpc) is 3.61. The summed E-state index contributed by atoms with van der Waals surface area (Å²) in [4.78, 5) is 38.9. The summed E-state index contributed by atoms with van der Waals surface area (Å²) in [6.45, 7) is 3.05. The minimum Gasteiger partial charge on any atom is -0.475 e. The lowest BCUT2D eigenvalue weighted by molar-refractivity contribution is -0.193. The summed E-state index contributed by atoms with van der Waals surface area (Å²) in [5.41, 5.74) is 2.40. The molecule has 1 amide bonds. The predicted molar refractivity (Wildman–Crippen MR) is 146 cm³/mol. The third-order valence-electron chi connectivity index (χ3n) is 4.80. The van der Waals surface area contributed by atoms with Crippen LogP contribution in [0.3, 0.4) is 0 Å². The zero-order valence-electron chi connectivity index (χ0n) is 21.3. The highest BCUT2D eigenvalue weighted by atomic mass is 35.5. The Bertz CT molecular complexity index is 1380. The number of aliphatic imine (C=N–C) groups is 2. The number of alkyl halides is 6. The van der Waals surface area contributed by atoms with Gasteiger partial charge in [-0.15, -0.1) is 0 Å². The van der Waals surface area contributed by atoms with E-state index in [-0.39, 0.29) is 5.91 Å². The molecule has 0 aromatic heterocycles. The third-order valence-corrected chi connectivity index (χ3v) is 5.42. The van der Waals surface area contributed by atoms with Crippen molar-refractivity contribution in [3.05, 3.63) is 52.0 Å². The summed E-state index contributed by atoms with van der Waals surface area (Å²) in [6.07, 6.45) is -10.2. The number of rotatable bonds is 4. The van der Waals surface area contributed by atoms with Gasteiger partial charge in [-0.2, -0.15) is 26.3 Å². The number of carboxylic acid groups (broad SMARTS) is 2. The molecule has 0 unspecified atom stereocenters. The Kier molecular flexibility index (Phi) is 12.2. The van der Waals surface area contributed by atoms with E-state index in [1.54, 1.807) is 36.4 Å². The van der Waals surface area contributed by atoms with Gasteiger partial charge in [0.1, 0.15) is 0 Å². The number of anilines is 3. The standard InChI is InChI=1S/C19H19Cl2N7O.2C2HF3O2/c20-13-9-11(1-3-15(13)27-18-22-5-6-23-18)17(29)26-12-2-4-16(14(21)10-12)28-19-24-7-8-25-19;2*3-2(4,5)1(6)7/h1-4,9-10H,5-8H2,(H,26,29)(H2,22,23,27)(H2,24,25,28);2*(H,6,7). The first-order valence-electron chi connectivity index (χ1n) is 11.6. The maximum Gasteiger partial charge on any atom is 0.490 e. The van der Waals surface area contributed by atoms with Crippen molar-refractivity contribution in [3.63, 3.8) is 0 Å². The van der Waals surface area contributed by atoms with Gasteiger partial charge in [-0.05, 0) is 36.4 Å². The molecule has 2 aliphatic heterocycles. The van der Waals surface area contributed by atoms with Gasteiger partial charge in [0, 0.05) is 24.3 Å². The van der Waals surface area contributed by atoms with Crippen molar-refractivity contribution < 1.29 is 50.9 Å². The highest BCUT2D eigenvalue weighted by molar-refractivity contribution is 6.35. The molecular weight excluding hydrogens is 639 g/mol. The number of guanidine groups is 2. The number of hydrogen-bond donors (Lipinski definition) is 7. The van der Waals surface area contributed by atoms with Gasteiger partial charge in [-0.3, -0.25) is 14.8 Å². The van der Waals surface area contributed by atoms with E-state index in [0.29, 0.717) is 44.6 Å². The van der Waals surface area contributed by atoms with Crippen LogP contribution in [0.25, 0.3) is 0 Å². The number of carbonyl (C=O) groups excluding carboxylic acids is 1. The fraction of sp³-hybridized carbons (Fsp3) is 0.261. The molecule has 0 atom stereocenters. The minimum absolute atomic E-state index is 0.284. The van der Waals surface area contributed by atoms with Crippen LogP contribution in [0.5, 0.6) is 0 Å². The van der Waals surface area contributed by atoms with Crippen LogP contribution >= 0.6 is 23.2 Å². The SMILES string of the molecule is O=C(Nc1ccc(NC2=NCCN2)c(Cl)c1)c1ccc(NC2=NCCN2)c(Cl)c1.O=C(O)C(F)(F)F.O=C(O)C(F)(F)F. The van der Waals surface area contributed by atoms with Crippen LogP contribution in [0.2, 0.25) is 10.0 Å². The summed E-state index contributed by atoms with van der Waals surface area (Å²) >= 11 is 12.6. The lowest BCUT2D eigenvalue weighted by Crippen LogP contribution is -2.26. The number of nitrogens with one attached hydrogen (secondary N) is 5. The number of amides is 1. The summed E-state index contributed by atoms with van der Waals surface area (Å²) < 4.78 is 63.5. The normalized spacial score (nSPS) is 13.9. The molecule has 4 rings (SSSR count). The number of aliphatic carboxylic acids is 2. The molecule has 0 spiro atoms. The first kappa shape index (κ1) is 34.7. The van der Waals surface area contributed by atoms with E-state index in [2.05, 4.69) is 36.6 Å². The number of halogens is 8. The van der Waals surface area contributed by atoms with E-state index in [1.165, 1.54) is 0 Å². The van der Waals surface area contributed by atoms with E-state index in [4.69, 9.17) is 43.0 Å². The molecular formula is C23H21Cl2F6N7O5. The summed E-state index contributed by atoms with van der Waals surface area (Å²) in [5, 5.41) is 30.4. The fourth-order valence-corrected chi connectivity index (χ4v) is 3.33. The van der Waals surface area contributed by atoms with E-state index >= 15 is 0 Å². The number of carboxylic acids is 2. The van der Waals surface area contributed by atoms with Crippen molar-refractivity contribution in [3.8, 4) is 0 Å². The molecule has 2 aromatic rings. The topological polar surface area (TPSA) is 177 Å². The Hall–Kier alpha value is -4.45. The lowest BCUT2D eigenvalue weighted by Gasteiger charge is -2.12. The number of benzene rings is 2. The van der Waals surface area contributed by atoms with Crippen LogP contribution in [-0.2, 0) is 9.59 Å². The van der Waals surface area contributed by atoms with E-state index in [0.717, 1.165) is 26.2 Å². The van der Waals surface area contributed by atoms with Crippen molar-refractivity contribution in [1.82, 2.24) is 10.6 Å². The maximum absolute atomic E-state index is 12.6. The third kappa shape index (κ3) is 11.8. The van der Waals surface area contributed by atoms with Crippen LogP contribution in [0.1, 0.15) is 10.4 Å². The monoisotopic (exact) mass is 659 g/mol. The van der Waals surface area contributed by atoms with Crippen LogP contribution in [0.15, 0.2) is 46.4 Å². The maximum atomic E-state index is 12.6. The Morgan fingerprint density at radius 2 is 1.16 bits per heavy atom.